The zero-order valence-corrected chi connectivity index (χ0v) is 15.5. The third-order valence-electron chi connectivity index (χ3n) is 3.08. The van der Waals surface area contributed by atoms with Gasteiger partial charge in [0.25, 0.3) is 0 Å². The first-order valence-corrected chi connectivity index (χ1v) is 9.69. The summed E-state index contributed by atoms with van der Waals surface area (Å²) in [5.74, 6) is 0.0591. The molecule has 12 nitrogen and oxygen atoms in total. The van der Waals surface area contributed by atoms with Crippen molar-refractivity contribution >= 4 is 30.5 Å². The molecule has 0 saturated heterocycles. The fourth-order valence-corrected chi connectivity index (χ4v) is 3.43. The van der Waals surface area contributed by atoms with Gasteiger partial charge in [-0.05, 0) is 13.8 Å². The van der Waals surface area contributed by atoms with Crippen LogP contribution in [0.4, 0.5) is 11.8 Å². The lowest BCUT2D eigenvalue weighted by molar-refractivity contribution is -0.141. The molecule has 0 radical (unpaired) electrons. The Balaban J connectivity index is 2.14. The number of rotatable bonds is 11. The topological polar surface area (TPSA) is 170 Å². The molecule has 0 amide bonds. The highest BCUT2D eigenvalue weighted by molar-refractivity contribution is 7.53. The van der Waals surface area contributed by atoms with Crippen LogP contribution in [0.3, 0.4) is 0 Å². The van der Waals surface area contributed by atoms with E-state index in [1.165, 1.54) is 11.1 Å². The summed E-state index contributed by atoms with van der Waals surface area (Å²) in [6, 6.07) is 0. The van der Waals surface area contributed by atoms with Crippen LogP contribution in [0.25, 0.3) is 11.2 Å². The largest absolute Gasteiger partial charge is 0.396 e. The minimum atomic E-state index is -3.42. The van der Waals surface area contributed by atoms with Crippen molar-refractivity contribution in [2.45, 2.75) is 26.6 Å². The van der Waals surface area contributed by atoms with E-state index in [-0.39, 0.29) is 50.0 Å². The number of aromatic nitrogens is 4. The van der Waals surface area contributed by atoms with Crippen molar-refractivity contribution in [3.8, 4) is 0 Å². The first-order valence-electron chi connectivity index (χ1n) is 7.96. The van der Waals surface area contributed by atoms with Crippen molar-refractivity contribution in [3.63, 3.8) is 0 Å². The number of aliphatic hydroxyl groups is 1. The Morgan fingerprint density at radius 2 is 1.96 bits per heavy atom. The van der Waals surface area contributed by atoms with Gasteiger partial charge in [-0.2, -0.15) is 9.97 Å². The molecule has 0 spiro atoms. The molecule has 5 N–H and O–H groups in total. The van der Waals surface area contributed by atoms with Gasteiger partial charge in [0.2, 0.25) is 17.9 Å². The second kappa shape index (κ2) is 9.10. The number of nitrogens with zero attached hydrogens (tertiary/aromatic N) is 4. The van der Waals surface area contributed by atoms with Crippen LogP contribution < -0.4 is 16.3 Å². The van der Waals surface area contributed by atoms with E-state index in [2.05, 4.69) is 15.0 Å². The number of ether oxygens (including phenoxy) is 1. The molecule has 0 aliphatic rings. The van der Waals surface area contributed by atoms with E-state index in [9.17, 15) is 9.67 Å². The standard InChI is InChI=1S/C13H23N6O6P/c1-3-23-26(21,24-4-2)8-22-9(5-6-20)25-19-7-16-10-11(14)17-13(15)18-12(10)19/h7,9,20H,3-6,8H2,1-2H3,(H4,14,15,17,18). The van der Waals surface area contributed by atoms with Crippen LogP contribution >= 0.6 is 7.60 Å². The molecule has 146 valence electrons. The van der Waals surface area contributed by atoms with E-state index in [4.69, 9.17) is 30.1 Å². The lowest BCUT2D eigenvalue weighted by atomic mass is 10.4. The first kappa shape index (κ1) is 20.3. The molecule has 0 bridgehead atoms. The molecule has 0 fully saturated rings. The van der Waals surface area contributed by atoms with Crippen molar-refractivity contribution in [2.75, 3.05) is 37.6 Å². The highest BCUT2D eigenvalue weighted by Crippen LogP contribution is 2.48. The van der Waals surface area contributed by atoms with Crippen molar-refractivity contribution in [2.24, 2.45) is 0 Å². The minimum absolute atomic E-state index is 0.0443. The second-order valence-corrected chi connectivity index (χ2v) is 7.00. The summed E-state index contributed by atoms with van der Waals surface area (Å²) in [6.45, 7) is 3.56. The van der Waals surface area contributed by atoms with Gasteiger partial charge in [0.1, 0.15) is 6.33 Å². The number of aliphatic hydroxyl groups excluding tert-OH is 1. The molecule has 1 atom stereocenters. The summed E-state index contributed by atoms with van der Waals surface area (Å²) in [4.78, 5) is 17.5. The minimum Gasteiger partial charge on any atom is -0.396 e. The van der Waals surface area contributed by atoms with Crippen LogP contribution in [0.2, 0.25) is 0 Å². The van der Waals surface area contributed by atoms with Crippen molar-refractivity contribution in [1.29, 1.82) is 0 Å². The molecule has 0 aromatic carbocycles. The molecule has 0 aliphatic heterocycles. The van der Waals surface area contributed by atoms with Crippen LogP contribution in [0.15, 0.2) is 6.33 Å². The predicted molar refractivity (Wildman–Crippen MR) is 93.0 cm³/mol. The van der Waals surface area contributed by atoms with Gasteiger partial charge in [-0.3, -0.25) is 4.57 Å². The number of nitrogens with two attached hydrogens (primary N) is 2. The average molecular weight is 390 g/mol. The van der Waals surface area contributed by atoms with Crippen LogP contribution in [-0.2, 0) is 18.3 Å². The zero-order valence-electron chi connectivity index (χ0n) is 14.6. The second-order valence-electron chi connectivity index (χ2n) is 5.00. The number of hydrogen-bond acceptors (Lipinski definition) is 11. The third-order valence-corrected chi connectivity index (χ3v) is 4.84. The molecule has 2 rings (SSSR count). The van der Waals surface area contributed by atoms with Gasteiger partial charge < -0.3 is 35.2 Å². The molecule has 2 aromatic heterocycles. The van der Waals surface area contributed by atoms with Crippen LogP contribution in [0, 0.1) is 0 Å². The summed E-state index contributed by atoms with van der Waals surface area (Å²) >= 11 is 0. The molecule has 2 aromatic rings. The third kappa shape index (κ3) is 5.02. The van der Waals surface area contributed by atoms with Crippen LogP contribution in [0.1, 0.15) is 20.3 Å². The number of anilines is 2. The Morgan fingerprint density at radius 1 is 1.27 bits per heavy atom. The summed E-state index contributed by atoms with van der Waals surface area (Å²) in [6.07, 6.45) is 0.0938. The Bertz CT molecular complexity index is 761. The summed E-state index contributed by atoms with van der Waals surface area (Å²) in [5, 5.41) is 9.22. The van der Waals surface area contributed by atoms with Crippen LogP contribution in [0.5, 0.6) is 0 Å². The highest BCUT2D eigenvalue weighted by atomic mass is 31.2. The number of hydrogen-bond donors (Lipinski definition) is 3. The first-order chi connectivity index (χ1) is 12.4. The lowest BCUT2D eigenvalue weighted by Gasteiger charge is -2.22. The van der Waals surface area contributed by atoms with E-state index in [0.717, 1.165) is 0 Å². The summed E-state index contributed by atoms with van der Waals surface area (Å²) in [5.41, 5.74) is 11.9. The van der Waals surface area contributed by atoms with E-state index in [1.807, 2.05) is 0 Å². The molecule has 0 saturated carbocycles. The van der Waals surface area contributed by atoms with E-state index >= 15 is 0 Å². The lowest BCUT2D eigenvalue weighted by Crippen LogP contribution is -2.29. The van der Waals surface area contributed by atoms with Gasteiger partial charge >= 0.3 is 7.60 Å². The summed E-state index contributed by atoms with van der Waals surface area (Å²) < 4.78 is 29.4. The highest BCUT2D eigenvalue weighted by Gasteiger charge is 2.27. The van der Waals surface area contributed by atoms with Crippen molar-refractivity contribution < 1.29 is 28.3 Å². The Hall–Kier alpha value is -1.98. The average Bonchev–Trinajstić information content (AvgIpc) is 2.96. The molecule has 1 unspecified atom stereocenters. The number of nitrogen functional groups attached to an aromatic ring is 2. The molecule has 2 heterocycles. The van der Waals surface area contributed by atoms with Gasteiger partial charge in [0.05, 0.1) is 13.2 Å². The number of fused-ring (bicyclic) bond motifs is 1. The fourth-order valence-electron chi connectivity index (χ4n) is 2.08. The van der Waals surface area contributed by atoms with Gasteiger partial charge in [-0.1, -0.05) is 0 Å². The number of imidazole rings is 1. The molecular weight excluding hydrogens is 367 g/mol. The Morgan fingerprint density at radius 3 is 2.58 bits per heavy atom. The molecular formula is C13H23N6O6P. The van der Waals surface area contributed by atoms with E-state index < -0.39 is 13.9 Å². The SMILES string of the molecule is CCOP(=O)(COC(CCO)On1cnc2c(N)nc(N)nc21)OCC. The molecule has 13 heteroatoms. The maximum Gasteiger partial charge on any atom is 0.356 e. The normalized spacial score (nSPS) is 13.2. The van der Waals surface area contributed by atoms with Gasteiger partial charge in [-0.15, -0.1) is 4.73 Å². The van der Waals surface area contributed by atoms with Crippen molar-refractivity contribution in [1.82, 2.24) is 19.7 Å². The van der Waals surface area contributed by atoms with Crippen molar-refractivity contribution in [3.05, 3.63) is 6.33 Å². The fraction of sp³-hybridized carbons (Fsp3) is 0.615. The maximum absolute atomic E-state index is 12.5. The quantitative estimate of drug-likeness (QED) is 0.358. The van der Waals surface area contributed by atoms with Gasteiger partial charge in [-0.25, -0.2) is 4.98 Å². The van der Waals surface area contributed by atoms with Gasteiger partial charge in [0.15, 0.2) is 17.7 Å². The maximum atomic E-state index is 12.5. The van der Waals surface area contributed by atoms with Crippen LogP contribution in [-0.4, -0.2) is 57.2 Å². The Labute approximate surface area is 149 Å². The molecule has 0 aliphatic carbocycles. The predicted octanol–water partition coefficient (Wildman–Crippen LogP) is 0.368. The van der Waals surface area contributed by atoms with Gasteiger partial charge in [0, 0.05) is 13.0 Å². The van der Waals surface area contributed by atoms with E-state index in [0.29, 0.717) is 5.52 Å². The molecule has 26 heavy (non-hydrogen) atoms. The van der Waals surface area contributed by atoms with E-state index in [1.54, 1.807) is 13.8 Å². The zero-order chi connectivity index (χ0) is 19.2. The smallest absolute Gasteiger partial charge is 0.356 e. The summed E-state index contributed by atoms with van der Waals surface area (Å²) in [7, 11) is -3.42. The Kier molecular flexibility index (Phi) is 7.12. The monoisotopic (exact) mass is 390 g/mol.